The molecule has 94 valence electrons. The summed E-state index contributed by atoms with van der Waals surface area (Å²) < 4.78 is 5.50. The SMILES string of the molecule is CC(C)Oc1ncnc(Sc2cnccn2)c1N. The zero-order valence-electron chi connectivity index (χ0n) is 10.1. The van der Waals surface area contributed by atoms with Crippen LogP contribution in [0.3, 0.4) is 0 Å². The summed E-state index contributed by atoms with van der Waals surface area (Å²) in [6.07, 6.45) is 6.31. The maximum absolute atomic E-state index is 5.96. The molecule has 7 heteroatoms. The van der Waals surface area contributed by atoms with Gasteiger partial charge in [-0.15, -0.1) is 0 Å². The Labute approximate surface area is 109 Å². The summed E-state index contributed by atoms with van der Waals surface area (Å²) in [6, 6.07) is 0. The second kappa shape index (κ2) is 5.63. The third-order valence-corrected chi connectivity index (χ3v) is 2.84. The molecular weight excluding hydrogens is 250 g/mol. The smallest absolute Gasteiger partial charge is 0.241 e. The highest BCUT2D eigenvalue weighted by atomic mass is 32.2. The van der Waals surface area contributed by atoms with Crippen molar-refractivity contribution in [1.29, 1.82) is 0 Å². The highest BCUT2D eigenvalue weighted by Gasteiger charge is 2.12. The van der Waals surface area contributed by atoms with Gasteiger partial charge in [-0.25, -0.2) is 9.97 Å². The summed E-state index contributed by atoms with van der Waals surface area (Å²) in [6.45, 7) is 3.83. The maximum Gasteiger partial charge on any atom is 0.241 e. The first kappa shape index (κ1) is 12.6. The van der Waals surface area contributed by atoms with Gasteiger partial charge in [0, 0.05) is 12.4 Å². The predicted molar refractivity (Wildman–Crippen MR) is 68.4 cm³/mol. The minimum atomic E-state index is 0.0107. The summed E-state index contributed by atoms with van der Waals surface area (Å²) in [5.41, 5.74) is 6.38. The fourth-order valence-corrected chi connectivity index (χ4v) is 1.92. The van der Waals surface area contributed by atoms with Crippen LogP contribution in [0, 0.1) is 0 Å². The van der Waals surface area contributed by atoms with Gasteiger partial charge in [-0.05, 0) is 25.6 Å². The van der Waals surface area contributed by atoms with Crippen molar-refractivity contribution in [2.75, 3.05) is 5.73 Å². The first-order valence-electron chi connectivity index (χ1n) is 5.38. The number of ether oxygens (including phenoxy) is 1. The number of anilines is 1. The monoisotopic (exact) mass is 263 g/mol. The number of hydrogen-bond donors (Lipinski definition) is 1. The Hall–Kier alpha value is -1.89. The van der Waals surface area contributed by atoms with Gasteiger partial charge in [0.15, 0.2) is 0 Å². The highest BCUT2D eigenvalue weighted by molar-refractivity contribution is 7.99. The summed E-state index contributed by atoms with van der Waals surface area (Å²) in [4.78, 5) is 16.3. The number of nitrogens with two attached hydrogens (primary N) is 1. The molecule has 0 amide bonds. The van der Waals surface area contributed by atoms with E-state index in [1.165, 1.54) is 18.1 Å². The van der Waals surface area contributed by atoms with Crippen LogP contribution in [0.4, 0.5) is 5.69 Å². The zero-order chi connectivity index (χ0) is 13.0. The molecule has 0 atom stereocenters. The zero-order valence-corrected chi connectivity index (χ0v) is 10.9. The molecule has 2 N–H and O–H groups in total. The average Bonchev–Trinajstić information content (AvgIpc) is 2.35. The maximum atomic E-state index is 5.96. The van der Waals surface area contributed by atoms with E-state index < -0.39 is 0 Å². The molecule has 0 saturated heterocycles. The Kier molecular flexibility index (Phi) is 3.93. The van der Waals surface area contributed by atoms with Crippen LogP contribution in [0.15, 0.2) is 35.0 Å². The Morgan fingerprint density at radius 3 is 2.72 bits per heavy atom. The number of nitrogen functional groups attached to an aromatic ring is 1. The van der Waals surface area contributed by atoms with E-state index in [-0.39, 0.29) is 6.10 Å². The minimum Gasteiger partial charge on any atom is -0.473 e. The van der Waals surface area contributed by atoms with Crippen LogP contribution in [-0.2, 0) is 0 Å². The van der Waals surface area contributed by atoms with Crippen molar-refractivity contribution >= 4 is 17.4 Å². The summed E-state index contributed by atoms with van der Waals surface area (Å²) in [5.74, 6) is 0.395. The first-order chi connectivity index (χ1) is 8.66. The lowest BCUT2D eigenvalue weighted by atomic mass is 10.4. The molecule has 0 spiro atoms. The minimum absolute atomic E-state index is 0.0107. The molecule has 6 nitrogen and oxygen atoms in total. The van der Waals surface area contributed by atoms with Crippen LogP contribution in [-0.4, -0.2) is 26.0 Å². The third kappa shape index (κ3) is 3.07. The second-order valence-corrected chi connectivity index (χ2v) is 4.72. The van der Waals surface area contributed by atoms with Gasteiger partial charge in [-0.1, -0.05) is 0 Å². The standard InChI is InChI=1S/C11H13N5OS/c1-7(2)17-10-9(12)11(16-6-15-10)18-8-5-13-3-4-14-8/h3-7H,12H2,1-2H3. The average molecular weight is 263 g/mol. The van der Waals surface area contributed by atoms with Crippen LogP contribution >= 0.6 is 11.8 Å². The Balaban J connectivity index is 2.23. The molecule has 2 aromatic rings. The molecule has 0 aliphatic rings. The highest BCUT2D eigenvalue weighted by Crippen LogP contribution is 2.32. The van der Waals surface area contributed by atoms with Gasteiger partial charge >= 0.3 is 0 Å². The largest absolute Gasteiger partial charge is 0.473 e. The Morgan fingerprint density at radius 1 is 1.22 bits per heavy atom. The van der Waals surface area contributed by atoms with E-state index in [1.807, 2.05) is 13.8 Å². The van der Waals surface area contributed by atoms with E-state index in [9.17, 15) is 0 Å². The number of aromatic nitrogens is 4. The van der Waals surface area contributed by atoms with Crippen molar-refractivity contribution in [2.45, 2.75) is 30.0 Å². The number of hydrogen-bond acceptors (Lipinski definition) is 7. The molecule has 2 rings (SSSR count). The lowest BCUT2D eigenvalue weighted by Gasteiger charge is -2.11. The molecule has 0 fully saturated rings. The van der Waals surface area contributed by atoms with E-state index in [2.05, 4.69) is 19.9 Å². The van der Waals surface area contributed by atoms with Crippen LogP contribution in [0.1, 0.15) is 13.8 Å². The molecule has 18 heavy (non-hydrogen) atoms. The van der Waals surface area contributed by atoms with E-state index in [0.717, 1.165) is 5.03 Å². The molecule has 0 radical (unpaired) electrons. The molecular formula is C11H13N5OS. The van der Waals surface area contributed by atoms with Crippen LogP contribution < -0.4 is 10.5 Å². The van der Waals surface area contributed by atoms with Crippen molar-refractivity contribution in [2.24, 2.45) is 0 Å². The molecule has 0 aliphatic heterocycles. The summed E-state index contributed by atoms with van der Waals surface area (Å²) >= 11 is 1.33. The molecule has 0 aromatic carbocycles. The number of nitrogens with zero attached hydrogens (tertiary/aromatic N) is 4. The Morgan fingerprint density at radius 2 is 2.06 bits per heavy atom. The fourth-order valence-electron chi connectivity index (χ4n) is 1.20. The van der Waals surface area contributed by atoms with Crippen molar-refractivity contribution in [3.05, 3.63) is 24.9 Å². The van der Waals surface area contributed by atoms with Gasteiger partial charge in [-0.2, -0.15) is 4.98 Å². The first-order valence-corrected chi connectivity index (χ1v) is 6.19. The van der Waals surface area contributed by atoms with Gasteiger partial charge in [0.1, 0.15) is 22.1 Å². The van der Waals surface area contributed by atoms with Gasteiger partial charge in [0.2, 0.25) is 5.88 Å². The van der Waals surface area contributed by atoms with Crippen molar-refractivity contribution in [1.82, 2.24) is 19.9 Å². The quantitative estimate of drug-likeness (QED) is 0.841. The second-order valence-electron chi connectivity index (χ2n) is 3.71. The lowest BCUT2D eigenvalue weighted by molar-refractivity contribution is 0.233. The van der Waals surface area contributed by atoms with Crippen LogP contribution in [0.5, 0.6) is 5.88 Å². The summed E-state index contributed by atoms with van der Waals surface area (Å²) in [5, 5.41) is 1.33. The van der Waals surface area contributed by atoms with Crippen molar-refractivity contribution < 1.29 is 4.74 Å². The van der Waals surface area contributed by atoms with E-state index >= 15 is 0 Å². The summed E-state index contributed by atoms with van der Waals surface area (Å²) in [7, 11) is 0. The molecule has 0 saturated carbocycles. The Bertz CT molecular complexity index is 520. The molecule has 2 aromatic heterocycles. The van der Waals surface area contributed by atoms with E-state index in [4.69, 9.17) is 10.5 Å². The molecule has 0 bridgehead atoms. The number of rotatable bonds is 4. The van der Waals surface area contributed by atoms with Gasteiger partial charge in [0.05, 0.1) is 12.3 Å². The molecule has 2 heterocycles. The molecule has 0 aliphatic carbocycles. The van der Waals surface area contributed by atoms with E-state index in [1.54, 1.807) is 18.6 Å². The van der Waals surface area contributed by atoms with E-state index in [0.29, 0.717) is 16.6 Å². The normalized spacial score (nSPS) is 10.6. The van der Waals surface area contributed by atoms with Crippen LogP contribution in [0.25, 0.3) is 0 Å². The van der Waals surface area contributed by atoms with Gasteiger partial charge in [0.25, 0.3) is 0 Å². The van der Waals surface area contributed by atoms with Crippen molar-refractivity contribution in [3.63, 3.8) is 0 Å². The molecule has 0 unspecified atom stereocenters. The van der Waals surface area contributed by atoms with Gasteiger partial charge in [-0.3, -0.25) is 4.98 Å². The lowest BCUT2D eigenvalue weighted by Crippen LogP contribution is -2.10. The van der Waals surface area contributed by atoms with Crippen LogP contribution in [0.2, 0.25) is 0 Å². The third-order valence-electron chi connectivity index (χ3n) is 1.90. The predicted octanol–water partition coefficient (Wildman–Crippen LogP) is 1.79. The fraction of sp³-hybridized carbons (Fsp3) is 0.273. The van der Waals surface area contributed by atoms with Gasteiger partial charge < -0.3 is 10.5 Å². The topological polar surface area (TPSA) is 86.8 Å². The van der Waals surface area contributed by atoms with Crippen molar-refractivity contribution in [3.8, 4) is 5.88 Å².